The molecule has 17 heavy (non-hydrogen) atoms. The Labute approximate surface area is 115 Å². The molecule has 1 aromatic rings. The first-order valence-corrected chi connectivity index (χ1v) is 9.38. The van der Waals surface area contributed by atoms with E-state index in [0.717, 1.165) is 5.56 Å². The molecule has 0 atom stereocenters. The van der Waals surface area contributed by atoms with Crippen molar-refractivity contribution in [2.24, 2.45) is 0 Å². The number of carbonyl (C=O) groups is 1. The third kappa shape index (κ3) is 6.86. The molecule has 0 unspecified atom stereocenters. The van der Waals surface area contributed by atoms with Gasteiger partial charge in [0.1, 0.15) is 0 Å². The molecule has 0 amide bonds. The molecule has 0 radical (unpaired) electrons. The van der Waals surface area contributed by atoms with E-state index in [1.807, 2.05) is 30.3 Å². The average molecular weight is 346 g/mol. The van der Waals surface area contributed by atoms with Crippen molar-refractivity contribution >= 4 is 24.8 Å². The number of hydrogen-bond acceptors (Lipinski definition) is 1. The van der Waals surface area contributed by atoms with E-state index in [1.54, 1.807) is 0 Å². The molecule has 0 N–H and O–H groups in total. The zero-order valence-electron chi connectivity index (χ0n) is 10.7. The molecule has 0 bridgehead atoms. The van der Waals surface area contributed by atoms with Crippen LogP contribution < -0.4 is 0 Å². The fourth-order valence-corrected chi connectivity index (χ4v) is 4.09. The Bertz CT molecular complexity index is 308. The Morgan fingerprint density at radius 1 is 1.00 bits per heavy atom. The van der Waals surface area contributed by atoms with E-state index >= 15 is 0 Å². The second-order valence-electron chi connectivity index (χ2n) is 4.27. The molecule has 0 aromatic heterocycles. The van der Waals surface area contributed by atoms with E-state index < -0.39 is 20.9 Å². The van der Waals surface area contributed by atoms with Gasteiger partial charge in [0.15, 0.2) is 0 Å². The van der Waals surface area contributed by atoms with Crippen LogP contribution in [0.1, 0.15) is 55.8 Å². The van der Waals surface area contributed by atoms with Crippen molar-refractivity contribution in [3.63, 3.8) is 0 Å². The zero-order valence-corrected chi connectivity index (χ0v) is 13.0. The second-order valence-corrected chi connectivity index (χ2v) is 7.32. The van der Waals surface area contributed by atoms with E-state index in [9.17, 15) is 4.79 Å². The van der Waals surface area contributed by atoms with Gasteiger partial charge in [-0.1, -0.05) is 0 Å². The Morgan fingerprint density at radius 3 is 2.35 bits per heavy atom. The van der Waals surface area contributed by atoms with Crippen LogP contribution >= 0.6 is 0 Å². The first-order valence-electron chi connectivity index (χ1n) is 6.56. The van der Waals surface area contributed by atoms with Gasteiger partial charge in [0.25, 0.3) is 0 Å². The summed E-state index contributed by atoms with van der Waals surface area (Å²) < 4.78 is 1.59. The summed E-state index contributed by atoms with van der Waals surface area (Å²) in [5.41, 5.74) is 0.917. The van der Waals surface area contributed by atoms with Gasteiger partial charge in [-0.2, -0.15) is 0 Å². The number of carbonyl (C=O) groups excluding carboxylic acids is 1. The fourth-order valence-electron chi connectivity index (χ4n) is 1.70. The molecular weight excluding hydrogens is 324 g/mol. The Morgan fingerprint density at radius 2 is 1.65 bits per heavy atom. The third-order valence-corrected chi connectivity index (χ3v) is 5.57. The Kier molecular flexibility index (Phi) is 8.40. The molecule has 0 aliphatic carbocycles. The molecule has 0 heterocycles. The molecule has 0 saturated heterocycles. The van der Waals surface area contributed by atoms with Crippen molar-refractivity contribution in [2.75, 3.05) is 0 Å². The van der Waals surface area contributed by atoms with Crippen molar-refractivity contribution in [3.8, 4) is 0 Å². The Hall–Kier alpha value is -0.320. The zero-order chi connectivity index (χ0) is 12.3. The molecule has 1 aromatic carbocycles. The van der Waals surface area contributed by atoms with Crippen LogP contribution in [0, 0.1) is 0 Å². The van der Waals surface area contributed by atoms with E-state index in [4.69, 9.17) is 0 Å². The molecule has 0 aliphatic heterocycles. The molecule has 0 saturated carbocycles. The van der Waals surface area contributed by atoms with Crippen LogP contribution in [0.4, 0.5) is 0 Å². The van der Waals surface area contributed by atoms with Crippen LogP contribution in [0.2, 0.25) is 4.47 Å². The van der Waals surface area contributed by atoms with Crippen LogP contribution in [0.15, 0.2) is 30.3 Å². The first-order chi connectivity index (χ1) is 8.34. The van der Waals surface area contributed by atoms with Crippen molar-refractivity contribution in [2.45, 2.75) is 49.9 Å². The van der Waals surface area contributed by atoms with Gasteiger partial charge < -0.3 is 0 Å². The van der Waals surface area contributed by atoms with E-state index in [-0.39, 0.29) is 0 Å². The molecule has 1 rings (SSSR count). The summed E-state index contributed by atoms with van der Waals surface area (Å²) in [7, 11) is 0. The predicted octanol–water partition coefficient (Wildman–Crippen LogP) is 4.31. The van der Waals surface area contributed by atoms with Gasteiger partial charge in [0.2, 0.25) is 0 Å². The Balaban J connectivity index is 2.05. The molecule has 2 heteroatoms. The first kappa shape index (κ1) is 14.7. The normalized spacial score (nSPS) is 10.4. The van der Waals surface area contributed by atoms with Crippen LogP contribution in [0.25, 0.3) is 0 Å². The van der Waals surface area contributed by atoms with Gasteiger partial charge in [-0.3, -0.25) is 0 Å². The minimum atomic E-state index is -0.461. The monoisotopic (exact) mass is 348 g/mol. The summed E-state index contributed by atoms with van der Waals surface area (Å²) in [6.45, 7) is 2.24. The second kappa shape index (κ2) is 9.68. The maximum atomic E-state index is 11.8. The predicted molar refractivity (Wildman–Crippen MR) is 74.7 cm³/mol. The average Bonchev–Trinajstić information content (AvgIpc) is 2.38. The van der Waals surface area contributed by atoms with Gasteiger partial charge >= 0.3 is 115 Å². The topological polar surface area (TPSA) is 17.1 Å². The summed E-state index contributed by atoms with van der Waals surface area (Å²) in [6, 6.07) is 9.74. The summed E-state index contributed by atoms with van der Waals surface area (Å²) >= 11 is -0.461. The fraction of sp³-hybridized carbons (Fsp3) is 0.533. The molecule has 1 nitrogen and oxygen atoms in total. The SMILES string of the molecule is CCCCCCCC[Te]C(=O)c1ccccc1. The minimum absolute atomic E-state index is 0.421. The molecule has 0 spiro atoms. The number of unbranched alkanes of at least 4 members (excludes halogenated alkanes) is 5. The molecule has 0 fully saturated rings. The van der Waals surface area contributed by atoms with Crippen LogP contribution in [-0.4, -0.2) is 24.8 Å². The number of rotatable bonds is 9. The van der Waals surface area contributed by atoms with Gasteiger partial charge in [-0.15, -0.1) is 0 Å². The van der Waals surface area contributed by atoms with Gasteiger partial charge in [0.05, 0.1) is 0 Å². The van der Waals surface area contributed by atoms with Gasteiger partial charge in [-0.05, 0) is 0 Å². The summed E-state index contributed by atoms with van der Waals surface area (Å²) in [5.74, 6) is 0. The maximum absolute atomic E-state index is 11.8. The van der Waals surface area contributed by atoms with E-state index in [2.05, 4.69) is 6.92 Å². The van der Waals surface area contributed by atoms with Crippen LogP contribution in [0.5, 0.6) is 0 Å². The molecule has 94 valence electrons. The standard InChI is InChI=1S/C15H22OTe/c1-2-3-4-5-6-10-13-17-15(16)14-11-8-7-9-12-14/h7-9,11-12H,2-6,10,13H2,1H3. The van der Waals surface area contributed by atoms with Crippen molar-refractivity contribution in [1.82, 2.24) is 0 Å². The number of benzene rings is 1. The molecular formula is C15H22OTe. The van der Waals surface area contributed by atoms with Gasteiger partial charge in [0, 0.05) is 0 Å². The van der Waals surface area contributed by atoms with E-state index in [1.165, 1.54) is 43.0 Å². The summed E-state index contributed by atoms with van der Waals surface area (Å²) in [6.07, 6.45) is 7.95. The quantitative estimate of drug-likeness (QED) is 0.481. The molecule has 0 aliphatic rings. The third-order valence-electron chi connectivity index (χ3n) is 2.74. The number of hydrogen-bond donors (Lipinski definition) is 0. The van der Waals surface area contributed by atoms with Crippen LogP contribution in [-0.2, 0) is 0 Å². The van der Waals surface area contributed by atoms with E-state index in [0.29, 0.717) is 3.83 Å². The van der Waals surface area contributed by atoms with Gasteiger partial charge in [-0.25, -0.2) is 0 Å². The van der Waals surface area contributed by atoms with Crippen molar-refractivity contribution in [1.29, 1.82) is 0 Å². The summed E-state index contributed by atoms with van der Waals surface area (Å²) in [4.78, 5) is 11.8. The summed E-state index contributed by atoms with van der Waals surface area (Å²) in [5, 5.41) is 0. The van der Waals surface area contributed by atoms with Crippen LogP contribution in [0.3, 0.4) is 0 Å². The van der Waals surface area contributed by atoms with Crippen molar-refractivity contribution in [3.05, 3.63) is 35.9 Å². The van der Waals surface area contributed by atoms with Crippen molar-refractivity contribution < 1.29 is 4.79 Å².